The molecule has 3 heterocycles. The van der Waals surface area contributed by atoms with Gasteiger partial charge in [-0.3, -0.25) is 9.40 Å². The number of nitrogens with one attached hydrogen (secondary N) is 2. The Kier molecular flexibility index (Phi) is 4.15. The number of hydrogen-bond acceptors (Lipinski definition) is 4. The van der Waals surface area contributed by atoms with Crippen LogP contribution in [0.4, 0.5) is 10.1 Å². The summed E-state index contributed by atoms with van der Waals surface area (Å²) < 4.78 is 42.2. The summed E-state index contributed by atoms with van der Waals surface area (Å²) in [5.41, 5.74) is 2.52. The highest BCUT2D eigenvalue weighted by Gasteiger charge is 2.19. The number of H-pyrrole nitrogens is 1. The molecule has 0 aliphatic rings. The normalized spacial score (nSPS) is 11.8. The van der Waals surface area contributed by atoms with Gasteiger partial charge in [-0.15, -0.1) is 0 Å². The summed E-state index contributed by atoms with van der Waals surface area (Å²) in [4.78, 5) is 7.42. The number of aromatic amines is 1. The summed E-state index contributed by atoms with van der Waals surface area (Å²) in [6, 6.07) is 11.1. The zero-order valence-electron chi connectivity index (χ0n) is 14.3. The second-order valence-corrected chi connectivity index (χ2v) is 7.57. The fourth-order valence-corrected chi connectivity index (χ4v) is 4.07. The van der Waals surface area contributed by atoms with Crippen molar-refractivity contribution in [2.75, 3.05) is 4.72 Å². The van der Waals surface area contributed by atoms with E-state index in [-0.39, 0.29) is 10.8 Å². The molecule has 0 amide bonds. The second kappa shape index (κ2) is 6.51. The molecule has 0 saturated heterocycles. The summed E-state index contributed by atoms with van der Waals surface area (Å²) in [6.45, 7) is 2.26. The number of nitrogens with zero attached hydrogens (tertiary/aromatic N) is 3. The quantitative estimate of drug-likeness (QED) is 0.551. The molecule has 27 heavy (non-hydrogen) atoms. The Morgan fingerprint density at radius 3 is 2.70 bits per heavy atom. The van der Waals surface area contributed by atoms with Gasteiger partial charge in [0.05, 0.1) is 18.1 Å². The minimum Gasteiger partial charge on any atom is -0.339 e. The summed E-state index contributed by atoms with van der Waals surface area (Å²) >= 11 is 0. The van der Waals surface area contributed by atoms with E-state index < -0.39 is 10.0 Å². The fraction of sp³-hybridized carbons (Fsp3) is 0.111. The minimum absolute atomic E-state index is 0.0890. The number of aromatic nitrogens is 4. The first kappa shape index (κ1) is 17.2. The van der Waals surface area contributed by atoms with Gasteiger partial charge in [-0.2, -0.15) is 13.5 Å². The standard InChI is InChI=1S/C18H16FN5O2S/c1-2-24-17(7-8-21-24)27(25,26)23-15-9-13-10-16(22-18(13)20-11-15)12-3-5-14(19)6-4-12/h3-11,23H,2H2,1H3,(H,20,22). The largest absolute Gasteiger partial charge is 0.339 e. The van der Waals surface area contributed by atoms with E-state index in [2.05, 4.69) is 19.8 Å². The van der Waals surface area contributed by atoms with Gasteiger partial charge < -0.3 is 4.98 Å². The van der Waals surface area contributed by atoms with E-state index >= 15 is 0 Å². The lowest BCUT2D eigenvalue weighted by molar-refractivity contribution is 0.558. The van der Waals surface area contributed by atoms with Crippen molar-refractivity contribution in [1.29, 1.82) is 0 Å². The molecule has 3 aromatic heterocycles. The molecule has 0 unspecified atom stereocenters. The van der Waals surface area contributed by atoms with E-state index in [0.717, 1.165) is 16.6 Å². The summed E-state index contributed by atoms with van der Waals surface area (Å²) in [6.07, 6.45) is 2.89. The van der Waals surface area contributed by atoms with Crippen molar-refractivity contribution in [3.8, 4) is 11.3 Å². The number of rotatable bonds is 5. The van der Waals surface area contributed by atoms with Crippen molar-refractivity contribution in [3.63, 3.8) is 0 Å². The molecule has 2 N–H and O–H groups in total. The Morgan fingerprint density at radius 1 is 1.19 bits per heavy atom. The molecule has 0 spiro atoms. The molecule has 0 atom stereocenters. The molecule has 7 nitrogen and oxygen atoms in total. The lowest BCUT2D eigenvalue weighted by atomic mass is 10.1. The molecule has 0 aliphatic heterocycles. The van der Waals surface area contributed by atoms with Crippen molar-refractivity contribution in [2.45, 2.75) is 18.5 Å². The maximum atomic E-state index is 13.1. The summed E-state index contributed by atoms with van der Waals surface area (Å²) in [5, 5.41) is 4.81. The van der Waals surface area contributed by atoms with Crippen molar-refractivity contribution >= 4 is 26.7 Å². The third-order valence-corrected chi connectivity index (χ3v) is 5.53. The lowest BCUT2D eigenvalue weighted by Crippen LogP contribution is -2.17. The molecule has 0 aliphatic carbocycles. The second-order valence-electron chi connectivity index (χ2n) is 5.94. The number of sulfonamides is 1. The monoisotopic (exact) mass is 385 g/mol. The first-order valence-electron chi connectivity index (χ1n) is 8.25. The van der Waals surface area contributed by atoms with Crippen LogP contribution < -0.4 is 4.72 Å². The Labute approximate surface area is 154 Å². The van der Waals surface area contributed by atoms with Gasteiger partial charge in [-0.05, 0) is 55.0 Å². The van der Waals surface area contributed by atoms with Crippen LogP contribution in [0.15, 0.2) is 59.9 Å². The molecule has 138 valence electrons. The van der Waals surface area contributed by atoms with E-state index in [1.54, 1.807) is 18.2 Å². The van der Waals surface area contributed by atoms with Crippen LogP contribution in [0.1, 0.15) is 6.92 Å². The Bertz CT molecular complexity index is 1210. The van der Waals surface area contributed by atoms with Gasteiger partial charge in [0.15, 0.2) is 5.03 Å². The van der Waals surface area contributed by atoms with Crippen molar-refractivity contribution in [3.05, 3.63) is 60.7 Å². The van der Waals surface area contributed by atoms with E-state index in [1.807, 2.05) is 13.0 Å². The first-order valence-corrected chi connectivity index (χ1v) is 9.74. The summed E-state index contributed by atoms with van der Waals surface area (Å²) in [5.74, 6) is -0.309. The molecule has 4 aromatic rings. The van der Waals surface area contributed by atoms with Crippen LogP contribution in [0, 0.1) is 5.82 Å². The van der Waals surface area contributed by atoms with Crippen LogP contribution in [0.25, 0.3) is 22.3 Å². The van der Waals surface area contributed by atoms with Crippen LogP contribution in [0.5, 0.6) is 0 Å². The van der Waals surface area contributed by atoms with Crippen LogP contribution in [-0.4, -0.2) is 28.2 Å². The zero-order chi connectivity index (χ0) is 19.0. The first-order chi connectivity index (χ1) is 13.0. The van der Waals surface area contributed by atoms with Crippen LogP contribution in [0.3, 0.4) is 0 Å². The average Bonchev–Trinajstić information content (AvgIpc) is 3.28. The molecular weight excluding hydrogens is 369 g/mol. The van der Waals surface area contributed by atoms with Gasteiger partial charge in [0, 0.05) is 17.6 Å². The highest BCUT2D eigenvalue weighted by atomic mass is 32.2. The van der Waals surface area contributed by atoms with Crippen molar-refractivity contribution in [1.82, 2.24) is 19.7 Å². The van der Waals surface area contributed by atoms with Crippen LogP contribution in [0.2, 0.25) is 0 Å². The lowest BCUT2D eigenvalue weighted by Gasteiger charge is -2.09. The fourth-order valence-electron chi connectivity index (χ4n) is 2.85. The summed E-state index contributed by atoms with van der Waals surface area (Å²) in [7, 11) is -3.77. The van der Waals surface area contributed by atoms with Crippen LogP contribution >= 0.6 is 0 Å². The number of fused-ring (bicyclic) bond motifs is 1. The number of aryl methyl sites for hydroxylation is 1. The van der Waals surface area contributed by atoms with Gasteiger partial charge >= 0.3 is 0 Å². The predicted octanol–water partition coefficient (Wildman–Crippen LogP) is 3.39. The van der Waals surface area contributed by atoms with Gasteiger partial charge in [0.25, 0.3) is 10.0 Å². The van der Waals surface area contributed by atoms with E-state index in [4.69, 9.17) is 0 Å². The number of hydrogen-bond donors (Lipinski definition) is 2. The zero-order valence-corrected chi connectivity index (χ0v) is 15.2. The minimum atomic E-state index is -3.77. The van der Waals surface area contributed by atoms with Crippen LogP contribution in [-0.2, 0) is 16.6 Å². The molecule has 1 aromatic carbocycles. The van der Waals surface area contributed by atoms with Crippen molar-refractivity contribution < 1.29 is 12.8 Å². The van der Waals surface area contributed by atoms with Gasteiger partial charge in [-0.25, -0.2) is 9.37 Å². The maximum Gasteiger partial charge on any atom is 0.279 e. The molecule has 9 heteroatoms. The highest BCUT2D eigenvalue weighted by molar-refractivity contribution is 7.92. The third kappa shape index (κ3) is 3.28. The highest BCUT2D eigenvalue weighted by Crippen LogP contribution is 2.26. The SMILES string of the molecule is CCn1nccc1S(=O)(=O)Nc1cnc2[nH]c(-c3ccc(F)cc3)cc2c1. The van der Waals surface area contributed by atoms with E-state index in [9.17, 15) is 12.8 Å². The molecule has 0 radical (unpaired) electrons. The Morgan fingerprint density at radius 2 is 1.96 bits per heavy atom. The van der Waals surface area contributed by atoms with Gasteiger partial charge in [-0.1, -0.05) is 0 Å². The topological polar surface area (TPSA) is 92.7 Å². The number of halogens is 1. The Balaban J connectivity index is 1.66. The molecular formula is C18H16FN5O2S. The van der Waals surface area contributed by atoms with Gasteiger partial charge in [0.2, 0.25) is 0 Å². The average molecular weight is 385 g/mol. The number of pyridine rings is 1. The third-order valence-electron chi connectivity index (χ3n) is 4.13. The van der Waals surface area contributed by atoms with E-state index in [0.29, 0.717) is 17.9 Å². The maximum absolute atomic E-state index is 13.1. The van der Waals surface area contributed by atoms with Crippen molar-refractivity contribution in [2.24, 2.45) is 0 Å². The number of anilines is 1. The molecule has 4 rings (SSSR count). The molecule has 0 saturated carbocycles. The predicted molar refractivity (Wildman–Crippen MR) is 100 cm³/mol. The molecule has 0 bridgehead atoms. The van der Waals surface area contributed by atoms with Gasteiger partial charge in [0.1, 0.15) is 11.5 Å². The molecule has 0 fully saturated rings. The Hall–Kier alpha value is -3.20. The van der Waals surface area contributed by atoms with E-state index in [1.165, 1.54) is 35.3 Å². The number of benzene rings is 1. The smallest absolute Gasteiger partial charge is 0.279 e.